The van der Waals surface area contributed by atoms with E-state index in [1.807, 2.05) is 6.33 Å². The second-order valence-electron chi connectivity index (χ2n) is 6.24. The molecule has 0 saturated heterocycles. The predicted molar refractivity (Wildman–Crippen MR) is 91.8 cm³/mol. The van der Waals surface area contributed by atoms with Crippen LogP contribution in [0.25, 0.3) is 27.6 Å². The van der Waals surface area contributed by atoms with Crippen LogP contribution in [0, 0.1) is 6.92 Å². The number of H-pyrrole nitrogens is 1. The van der Waals surface area contributed by atoms with Gasteiger partial charge in [-0.15, -0.1) is 0 Å². The predicted octanol–water partition coefficient (Wildman–Crippen LogP) is 4.94. The highest BCUT2D eigenvalue weighted by molar-refractivity contribution is 5.87. The first-order valence-corrected chi connectivity index (χ1v) is 7.68. The molecule has 4 rings (SSSR count). The Bertz CT molecular complexity index is 973. The van der Waals surface area contributed by atoms with Crippen molar-refractivity contribution in [2.24, 2.45) is 0 Å². The highest BCUT2D eigenvalue weighted by atomic mass is 15.0. The Morgan fingerprint density at radius 3 is 2.77 bits per heavy atom. The fraction of sp³-hybridized carbons (Fsp3) is 0.211. The van der Waals surface area contributed by atoms with E-state index in [2.05, 4.69) is 77.9 Å². The summed E-state index contributed by atoms with van der Waals surface area (Å²) in [5.41, 5.74) is 7.12. The molecule has 110 valence electrons. The Labute approximate surface area is 129 Å². The van der Waals surface area contributed by atoms with Gasteiger partial charge in [0.1, 0.15) is 6.33 Å². The van der Waals surface area contributed by atoms with Gasteiger partial charge >= 0.3 is 0 Å². The molecule has 0 unspecified atom stereocenters. The number of hydrogen-bond acceptors (Lipinski definition) is 1. The summed E-state index contributed by atoms with van der Waals surface area (Å²) in [6.07, 6.45) is 4.03. The van der Waals surface area contributed by atoms with Crippen molar-refractivity contribution in [1.29, 1.82) is 0 Å². The lowest BCUT2D eigenvalue weighted by molar-refractivity contribution is 0.875. The summed E-state index contributed by atoms with van der Waals surface area (Å²) in [5, 5.41) is 1.29. The van der Waals surface area contributed by atoms with Crippen LogP contribution in [0.3, 0.4) is 0 Å². The van der Waals surface area contributed by atoms with Gasteiger partial charge in [0.15, 0.2) is 0 Å². The van der Waals surface area contributed by atoms with Gasteiger partial charge in [-0.25, -0.2) is 4.98 Å². The van der Waals surface area contributed by atoms with Gasteiger partial charge in [-0.3, -0.25) is 4.57 Å². The molecule has 2 heterocycles. The molecule has 2 aromatic heterocycles. The summed E-state index contributed by atoms with van der Waals surface area (Å²) in [6, 6.07) is 12.9. The number of nitrogens with zero attached hydrogens (tertiary/aromatic N) is 2. The molecule has 0 aliphatic rings. The van der Waals surface area contributed by atoms with Crippen molar-refractivity contribution in [3.05, 3.63) is 60.0 Å². The van der Waals surface area contributed by atoms with Gasteiger partial charge in [-0.1, -0.05) is 19.9 Å². The molecule has 0 radical (unpaired) electrons. The Hall–Kier alpha value is -2.55. The standard InChI is InChI=1S/C19H19N3/c1-12(2)16-10-20-17-6-5-14(9-15(16)17)22-11-21-18-8-13(3)4-7-19(18)22/h4-12,20H,1-3H3. The topological polar surface area (TPSA) is 33.6 Å². The van der Waals surface area contributed by atoms with Crippen molar-refractivity contribution >= 4 is 21.9 Å². The van der Waals surface area contributed by atoms with Crippen molar-refractivity contribution in [1.82, 2.24) is 14.5 Å². The minimum absolute atomic E-state index is 0.506. The molecule has 0 fully saturated rings. The highest BCUT2D eigenvalue weighted by Crippen LogP contribution is 2.28. The second-order valence-corrected chi connectivity index (χ2v) is 6.24. The third-order valence-corrected chi connectivity index (χ3v) is 4.30. The minimum atomic E-state index is 0.506. The largest absolute Gasteiger partial charge is 0.361 e. The molecule has 0 aliphatic heterocycles. The van der Waals surface area contributed by atoms with Gasteiger partial charge < -0.3 is 4.98 Å². The number of aromatic nitrogens is 3. The van der Waals surface area contributed by atoms with E-state index in [4.69, 9.17) is 0 Å². The maximum Gasteiger partial charge on any atom is 0.100 e. The van der Waals surface area contributed by atoms with E-state index in [0.717, 1.165) is 16.7 Å². The molecule has 3 nitrogen and oxygen atoms in total. The molecular formula is C19H19N3. The molecule has 22 heavy (non-hydrogen) atoms. The number of aryl methyl sites for hydroxylation is 1. The number of aromatic amines is 1. The van der Waals surface area contributed by atoms with E-state index in [-0.39, 0.29) is 0 Å². The fourth-order valence-corrected chi connectivity index (χ4v) is 3.09. The third-order valence-electron chi connectivity index (χ3n) is 4.30. The van der Waals surface area contributed by atoms with Gasteiger partial charge in [-0.2, -0.15) is 0 Å². The molecule has 0 spiro atoms. The summed E-state index contributed by atoms with van der Waals surface area (Å²) in [4.78, 5) is 7.90. The number of imidazole rings is 1. The van der Waals surface area contributed by atoms with Gasteiger partial charge in [0.05, 0.1) is 11.0 Å². The van der Waals surface area contributed by atoms with Crippen LogP contribution in [0.15, 0.2) is 48.9 Å². The second kappa shape index (κ2) is 4.73. The highest BCUT2D eigenvalue weighted by Gasteiger charge is 2.10. The smallest absolute Gasteiger partial charge is 0.100 e. The first-order chi connectivity index (χ1) is 10.6. The van der Waals surface area contributed by atoms with E-state index in [0.29, 0.717) is 5.92 Å². The average Bonchev–Trinajstić information content (AvgIpc) is 3.09. The first-order valence-electron chi connectivity index (χ1n) is 7.68. The Morgan fingerprint density at radius 1 is 1.09 bits per heavy atom. The number of hydrogen-bond donors (Lipinski definition) is 1. The summed E-state index contributed by atoms with van der Waals surface area (Å²) in [7, 11) is 0. The van der Waals surface area contributed by atoms with Crippen molar-refractivity contribution in [3.63, 3.8) is 0 Å². The minimum Gasteiger partial charge on any atom is -0.361 e. The van der Waals surface area contributed by atoms with Crippen LogP contribution in [-0.2, 0) is 0 Å². The number of rotatable bonds is 2. The zero-order chi connectivity index (χ0) is 15.3. The van der Waals surface area contributed by atoms with Gasteiger partial charge in [0.25, 0.3) is 0 Å². The quantitative estimate of drug-likeness (QED) is 0.557. The summed E-state index contributed by atoms with van der Waals surface area (Å²) in [6.45, 7) is 6.55. The Morgan fingerprint density at radius 2 is 1.95 bits per heavy atom. The molecule has 0 atom stereocenters. The van der Waals surface area contributed by atoms with Crippen molar-refractivity contribution in [3.8, 4) is 5.69 Å². The van der Waals surface area contributed by atoms with E-state index >= 15 is 0 Å². The van der Waals surface area contributed by atoms with Crippen LogP contribution in [0.1, 0.15) is 30.9 Å². The molecule has 1 N–H and O–H groups in total. The third kappa shape index (κ3) is 1.93. The van der Waals surface area contributed by atoms with E-state index < -0.39 is 0 Å². The maximum atomic E-state index is 4.54. The average molecular weight is 289 g/mol. The summed E-state index contributed by atoms with van der Waals surface area (Å²) < 4.78 is 2.16. The lowest BCUT2D eigenvalue weighted by atomic mass is 10.0. The lowest BCUT2D eigenvalue weighted by Crippen LogP contribution is -1.92. The first kappa shape index (κ1) is 13.1. The molecule has 2 aromatic carbocycles. The molecule has 0 saturated carbocycles. The summed E-state index contributed by atoms with van der Waals surface area (Å²) in [5.74, 6) is 0.506. The molecular weight excluding hydrogens is 270 g/mol. The van der Waals surface area contributed by atoms with Crippen LogP contribution in [0.2, 0.25) is 0 Å². The number of fused-ring (bicyclic) bond motifs is 2. The molecule has 0 amide bonds. The van der Waals surface area contributed by atoms with Crippen LogP contribution in [-0.4, -0.2) is 14.5 Å². The molecule has 3 heteroatoms. The van der Waals surface area contributed by atoms with Crippen LogP contribution in [0.4, 0.5) is 0 Å². The van der Waals surface area contributed by atoms with Crippen LogP contribution < -0.4 is 0 Å². The lowest BCUT2D eigenvalue weighted by Gasteiger charge is -2.07. The number of benzene rings is 2. The van der Waals surface area contributed by atoms with E-state index in [1.54, 1.807) is 0 Å². The van der Waals surface area contributed by atoms with Gasteiger partial charge in [0.2, 0.25) is 0 Å². The maximum absolute atomic E-state index is 4.54. The zero-order valence-corrected chi connectivity index (χ0v) is 13.1. The fourth-order valence-electron chi connectivity index (χ4n) is 3.09. The van der Waals surface area contributed by atoms with Gasteiger partial charge in [0, 0.05) is 22.8 Å². The molecule has 4 aromatic rings. The summed E-state index contributed by atoms with van der Waals surface area (Å²) >= 11 is 0. The van der Waals surface area contributed by atoms with E-state index in [9.17, 15) is 0 Å². The zero-order valence-electron chi connectivity index (χ0n) is 13.1. The van der Waals surface area contributed by atoms with Gasteiger partial charge in [-0.05, 0) is 54.3 Å². The monoisotopic (exact) mass is 289 g/mol. The molecule has 0 aliphatic carbocycles. The molecule has 0 bridgehead atoms. The van der Waals surface area contributed by atoms with Crippen LogP contribution in [0.5, 0.6) is 0 Å². The number of nitrogens with one attached hydrogen (secondary N) is 1. The van der Waals surface area contributed by atoms with Crippen LogP contribution >= 0.6 is 0 Å². The normalized spacial score (nSPS) is 11.8. The van der Waals surface area contributed by atoms with Crippen molar-refractivity contribution in [2.75, 3.05) is 0 Å². The van der Waals surface area contributed by atoms with Crippen molar-refractivity contribution in [2.45, 2.75) is 26.7 Å². The Kier molecular flexibility index (Phi) is 2.83. The van der Waals surface area contributed by atoms with Crippen molar-refractivity contribution < 1.29 is 0 Å². The SMILES string of the molecule is Cc1ccc2c(c1)ncn2-c1ccc2[nH]cc(C(C)C)c2c1. The van der Waals surface area contributed by atoms with E-state index in [1.165, 1.54) is 22.0 Å². The Balaban J connectivity index is 1.94.